The minimum Gasteiger partial charge on any atom is -0.399 e. The van der Waals surface area contributed by atoms with Crippen molar-refractivity contribution in [1.82, 2.24) is 5.32 Å². The zero-order chi connectivity index (χ0) is 14.5. The Hall–Kier alpha value is -1.22. The minimum atomic E-state index is 0. The largest absolute Gasteiger partial charge is 0.399 e. The van der Waals surface area contributed by atoms with Crippen molar-refractivity contribution in [2.24, 2.45) is 11.3 Å². The maximum atomic E-state index is 11.9. The van der Waals surface area contributed by atoms with Crippen molar-refractivity contribution < 1.29 is 4.79 Å². The average Bonchev–Trinajstić information content (AvgIpc) is 2.28. The molecule has 0 unspecified atom stereocenters. The van der Waals surface area contributed by atoms with Crippen LogP contribution in [0.15, 0.2) is 24.3 Å². The quantitative estimate of drug-likeness (QED) is 0.791. The molecule has 0 heterocycles. The summed E-state index contributed by atoms with van der Waals surface area (Å²) in [6, 6.07) is 7.44. The van der Waals surface area contributed by atoms with E-state index < -0.39 is 0 Å². The first-order valence-corrected chi connectivity index (χ1v) is 6.89. The van der Waals surface area contributed by atoms with E-state index in [1.54, 1.807) is 0 Å². The molecule has 0 saturated carbocycles. The molecule has 0 aliphatic rings. The van der Waals surface area contributed by atoms with Gasteiger partial charge in [0.1, 0.15) is 0 Å². The molecule has 0 radical (unpaired) electrons. The van der Waals surface area contributed by atoms with E-state index in [-0.39, 0.29) is 23.7 Å². The fourth-order valence-corrected chi connectivity index (χ4v) is 2.40. The third kappa shape index (κ3) is 7.39. The highest BCUT2D eigenvalue weighted by Crippen LogP contribution is 2.24. The van der Waals surface area contributed by atoms with Crippen molar-refractivity contribution in [2.45, 2.75) is 40.5 Å². The molecule has 114 valence electrons. The Bertz CT molecular complexity index is 413. The molecule has 1 rings (SSSR count). The summed E-state index contributed by atoms with van der Waals surface area (Å²) >= 11 is 0. The predicted molar refractivity (Wildman–Crippen MR) is 88.1 cm³/mol. The molecule has 0 spiro atoms. The molecule has 3 N–H and O–H groups in total. The van der Waals surface area contributed by atoms with Gasteiger partial charge in [-0.25, -0.2) is 0 Å². The van der Waals surface area contributed by atoms with Crippen LogP contribution in [0.1, 0.15) is 39.7 Å². The maximum Gasteiger partial charge on any atom is 0.224 e. The first-order valence-electron chi connectivity index (χ1n) is 6.89. The van der Waals surface area contributed by atoms with Gasteiger partial charge in [-0.2, -0.15) is 0 Å². The van der Waals surface area contributed by atoms with E-state index in [0.29, 0.717) is 12.3 Å². The Morgan fingerprint density at radius 3 is 2.30 bits per heavy atom. The Labute approximate surface area is 128 Å². The van der Waals surface area contributed by atoms with Gasteiger partial charge in [-0.1, -0.05) is 39.8 Å². The molecular formula is C16H27ClN2O. The van der Waals surface area contributed by atoms with Crippen LogP contribution in [-0.2, 0) is 11.2 Å². The van der Waals surface area contributed by atoms with Gasteiger partial charge >= 0.3 is 0 Å². The molecule has 0 aliphatic heterocycles. The molecule has 0 fully saturated rings. The van der Waals surface area contributed by atoms with Gasteiger partial charge in [0.25, 0.3) is 0 Å². The second-order valence-corrected chi connectivity index (χ2v) is 6.46. The lowest BCUT2D eigenvalue weighted by molar-refractivity contribution is -0.120. The van der Waals surface area contributed by atoms with Gasteiger partial charge in [-0.05, 0) is 35.4 Å². The van der Waals surface area contributed by atoms with Crippen LogP contribution in [0.5, 0.6) is 0 Å². The highest BCUT2D eigenvalue weighted by Gasteiger charge is 2.20. The number of amides is 1. The van der Waals surface area contributed by atoms with Crippen LogP contribution >= 0.6 is 12.4 Å². The normalized spacial score (nSPS) is 11.1. The average molecular weight is 299 g/mol. The summed E-state index contributed by atoms with van der Waals surface area (Å²) in [5.74, 6) is 0.714. The number of anilines is 1. The van der Waals surface area contributed by atoms with Crippen molar-refractivity contribution in [3.05, 3.63) is 29.8 Å². The van der Waals surface area contributed by atoms with Gasteiger partial charge in [-0.15, -0.1) is 12.4 Å². The highest BCUT2D eigenvalue weighted by molar-refractivity contribution is 5.85. The monoisotopic (exact) mass is 298 g/mol. The molecule has 1 aromatic rings. The Balaban J connectivity index is 0.00000361. The first-order chi connectivity index (χ1) is 8.78. The summed E-state index contributed by atoms with van der Waals surface area (Å²) < 4.78 is 0. The predicted octanol–water partition coefficient (Wildman–Crippen LogP) is 3.42. The van der Waals surface area contributed by atoms with Gasteiger partial charge in [-0.3, -0.25) is 4.79 Å². The van der Waals surface area contributed by atoms with Gasteiger partial charge in [0.2, 0.25) is 5.91 Å². The Morgan fingerprint density at radius 1 is 1.25 bits per heavy atom. The molecule has 0 aliphatic carbocycles. The number of carbonyl (C=O) groups is 1. The van der Waals surface area contributed by atoms with E-state index >= 15 is 0 Å². The van der Waals surface area contributed by atoms with Gasteiger partial charge in [0.15, 0.2) is 0 Å². The highest BCUT2D eigenvalue weighted by atomic mass is 35.5. The van der Waals surface area contributed by atoms with Crippen LogP contribution < -0.4 is 11.1 Å². The van der Waals surface area contributed by atoms with Crippen molar-refractivity contribution in [1.29, 1.82) is 0 Å². The number of halogens is 1. The molecule has 3 nitrogen and oxygen atoms in total. The van der Waals surface area contributed by atoms with Crippen LogP contribution in [0.3, 0.4) is 0 Å². The van der Waals surface area contributed by atoms with Crippen LogP contribution in [0.25, 0.3) is 0 Å². The van der Waals surface area contributed by atoms with E-state index in [2.05, 4.69) is 33.0 Å². The molecule has 0 saturated heterocycles. The number of nitrogens with two attached hydrogens (primary N) is 1. The molecule has 0 aromatic heterocycles. The van der Waals surface area contributed by atoms with Crippen molar-refractivity contribution in [2.75, 3.05) is 12.3 Å². The van der Waals surface area contributed by atoms with E-state index in [1.165, 1.54) is 0 Å². The van der Waals surface area contributed by atoms with E-state index in [9.17, 15) is 4.79 Å². The van der Waals surface area contributed by atoms with Crippen molar-refractivity contribution in [3.63, 3.8) is 0 Å². The molecule has 20 heavy (non-hydrogen) atoms. The fraction of sp³-hybridized carbons (Fsp3) is 0.562. The van der Waals surface area contributed by atoms with Gasteiger partial charge in [0, 0.05) is 12.2 Å². The van der Waals surface area contributed by atoms with E-state index in [0.717, 1.165) is 24.2 Å². The summed E-state index contributed by atoms with van der Waals surface area (Å²) in [5, 5.41) is 3.02. The van der Waals surface area contributed by atoms with Crippen LogP contribution in [0, 0.1) is 11.3 Å². The number of nitrogens with one attached hydrogen (secondary N) is 1. The Morgan fingerprint density at radius 2 is 1.80 bits per heavy atom. The third-order valence-electron chi connectivity index (χ3n) is 3.07. The number of carbonyl (C=O) groups excluding carboxylic acids is 1. The zero-order valence-corrected chi connectivity index (χ0v) is 13.7. The fourth-order valence-electron chi connectivity index (χ4n) is 2.40. The lowest BCUT2D eigenvalue weighted by Crippen LogP contribution is -2.35. The van der Waals surface area contributed by atoms with Crippen LogP contribution in [0.2, 0.25) is 0 Å². The number of benzene rings is 1. The lowest BCUT2D eigenvalue weighted by atomic mass is 9.84. The van der Waals surface area contributed by atoms with Crippen molar-refractivity contribution in [3.8, 4) is 0 Å². The summed E-state index contributed by atoms with van der Waals surface area (Å²) in [6.45, 7) is 9.52. The first kappa shape index (κ1) is 18.8. The summed E-state index contributed by atoms with van der Waals surface area (Å²) in [7, 11) is 0. The number of nitrogen functional groups attached to an aromatic ring is 1. The third-order valence-corrected chi connectivity index (χ3v) is 3.07. The second-order valence-electron chi connectivity index (χ2n) is 6.46. The molecule has 0 atom stereocenters. The summed E-state index contributed by atoms with van der Waals surface area (Å²) in [6.07, 6.45) is 1.52. The summed E-state index contributed by atoms with van der Waals surface area (Å²) in [4.78, 5) is 11.9. The van der Waals surface area contributed by atoms with Crippen LogP contribution in [0.4, 0.5) is 5.69 Å². The standard InChI is InChI=1S/C16H26N2O.ClH/c1-12(2)10-16(3,4)11-18-15(19)9-13-5-7-14(17)8-6-13;/h5-8,12H,9-11,17H2,1-4H3,(H,18,19);1H. The smallest absolute Gasteiger partial charge is 0.224 e. The topological polar surface area (TPSA) is 55.1 Å². The number of hydrogen-bond acceptors (Lipinski definition) is 2. The number of hydrogen-bond donors (Lipinski definition) is 2. The molecule has 4 heteroatoms. The van der Waals surface area contributed by atoms with E-state index in [1.807, 2.05) is 24.3 Å². The molecule has 1 amide bonds. The molecule has 0 bridgehead atoms. The molecule has 1 aromatic carbocycles. The second kappa shape index (κ2) is 8.15. The van der Waals surface area contributed by atoms with Crippen LogP contribution in [-0.4, -0.2) is 12.5 Å². The number of rotatable bonds is 6. The van der Waals surface area contributed by atoms with Gasteiger partial charge < -0.3 is 11.1 Å². The van der Waals surface area contributed by atoms with Gasteiger partial charge in [0.05, 0.1) is 6.42 Å². The maximum absolute atomic E-state index is 11.9. The minimum absolute atomic E-state index is 0. The van der Waals surface area contributed by atoms with E-state index in [4.69, 9.17) is 5.73 Å². The molecular weight excluding hydrogens is 272 g/mol. The van der Waals surface area contributed by atoms with Crippen molar-refractivity contribution >= 4 is 24.0 Å². The zero-order valence-electron chi connectivity index (χ0n) is 12.9. The Kier molecular flexibility index (Phi) is 7.66. The SMILES string of the molecule is CC(C)CC(C)(C)CNC(=O)Cc1ccc(N)cc1.Cl. The summed E-state index contributed by atoms with van der Waals surface area (Å²) in [5.41, 5.74) is 7.48. The lowest BCUT2D eigenvalue weighted by Gasteiger charge is -2.27.